The van der Waals surface area contributed by atoms with Crippen LogP contribution in [-0.2, 0) is 0 Å². The van der Waals surface area contributed by atoms with Gasteiger partial charge in [-0.25, -0.2) is 0 Å². The quantitative estimate of drug-likeness (QED) is 0.679. The number of hydrogen-bond donors (Lipinski definition) is 1. The number of para-hydroxylation sites is 2. The van der Waals surface area contributed by atoms with Crippen molar-refractivity contribution in [3.05, 3.63) is 54.1 Å². The van der Waals surface area contributed by atoms with Crippen LogP contribution in [0.15, 0.2) is 53.0 Å². The van der Waals surface area contributed by atoms with Crippen molar-refractivity contribution >= 4 is 27.6 Å². The summed E-state index contributed by atoms with van der Waals surface area (Å²) in [5.74, 6) is 0. The SMILES string of the molecule is C/C=C(\N)c1cccc2c1oc1ccccc12. The van der Waals surface area contributed by atoms with E-state index in [1.54, 1.807) is 0 Å². The monoisotopic (exact) mass is 223 g/mol. The third kappa shape index (κ3) is 1.41. The Kier molecular flexibility index (Phi) is 2.15. The smallest absolute Gasteiger partial charge is 0.144 e. The number of allylic oxidation sites excluding steroid dienone is 1. The van der Waals surface area contributed by atoms with Crippen LogP contribution in [0.1, 0.15) is 12.5 Å². The number of hydrogen-bond acceptors (Lipinski definition) is 2. The van der Waals surface area contributed by atoms with E-state index >= 15 is 0 Å². The highest BCUT2D eigenvalue weighted by Crippen LogP contribution is 2.32. The summed E-state index contributed by atoms with van der Waals surface area (Å²) in [5.41, 5.74) is 9.45. The minimum atomic E-state index is 0.745. The number of nitrogens with two attached hydrogens (primary N) is 1. The number of benzene rings is 2. The Balaban J connectivity index is 2.48. The average Bonchev–Trinajstić information content (AvgIpc) is 2.76. The summed E-state index contributed by atoms with van der Waals surface area (Å²) in [4.78, 5) is 0. The van der Waals surface area contributed by atoms with Crippen LogP contribution >= 0.6 is 0 Å². The third-order valence-corrected chi connectivity index (χ3v) is 3.03. The summed E-state index contributed by atoms with van der Waals surface area (Å²) in [6.45, 7) is 1.93. The Morgan fingerprint density at radius 3 is 2.65 bits per heavy atom. The van der Waals surface area contributed by atoms with Crippen molar-refractivity contribution in [2.24, 2.45) is 5.73 Å². The molecule has 2 nitrogen and oxygen atoms in total. The highest BCUT2D eigenvalue weighted by atomic mass is 16.3. The Bertz CT molecular complexity index is 722. The highest BCUT2D eigenvalue weighted by Gasteiger charge is 2.10. The summed E-state index contributed by atoms with van der Waals surface area (Å²) in [7, 11) is 0. The van der Waals surface area contributed by atoms with Gasteiger partial charge in [0.2, 0.25) is 0 Å². The van der Waals surface area contributed by atoms with E-state index in [1.807, 2.05) is 43.3 Å². The first kappa shape index (κ1) is 9.97. The van der Waals surface area contributed by atoms with Gasteiger partial charge in [-0.1, -0.05) is 36.4 Å². The first-order valence-electron chi connectivity index (χ1n) is 5.63. The van der Waals surface area contributed by atoms with E-state index < -0.39 is 0 Å². The summed E-state index contributed by atoms with van der Waals surface area (Å²) in [6, 6.07) is 14.1. The van der Waals surface area contributed by atoms with Crippen molar-refractivity contribution in [2.45, 2.75) is 6.92 Å². The zero-order chi connectivity index (χ0) is 11.8. The average molecular weight is 223 g/mol. The van der Waals surface area contributed by atoms with Gasteiger partial charge in [0.1, 0.15) is 11.2 Å². The van der Waals surface area contributed by atoms with Gasteiger partial charge in [-0.05, 0) is 19.1 Å². The highest BCUT2D eigenvalue weighted by molar-refractivity contribution is 6.07. The fourth-order valence-electron chi connectivity index (χ4n) is 2.13. The lowest BCUT2D eigenvalue weighted by atomic mass is 10.1. The van der Waals surface area contributed by atoms with Crippen LogP contribution in [0.3, 0.4) is 0 Å². The van der Waals surface area contributed by atoms with Gasteiger partial charge < -0.3 is 10.2 Å². The molecule has 0 saturated carbocycles. The van der Waals surface area contributed by atoms with Gasteiger partial charge in [-0.2, -0.15) is 0 Å². The molecule has 0 amide bonds. The van der Waals surface area contributed by atoms with Crippen molar-refractivity contribution in [3.8, 4) is 0 Å². The molecule has 84 valence electrons. The number of rotatable bonds is 1. The Morgan fingerprint density at radius 1 is 1.06 bits per heavy atom. The maximum atomic E-state index is 5.98. The maximum absolute atomic E-state index is 5.98. The van der Waals surface area contributed by atoms with Gasteiger partial charge in [0, 0.05) is 22.0 Å². The van der Waals surface area contributed by atoms with E-state index in [1.165, 1.54) is 0 Å². The lowest BCUT2D eigenvalue weighted by molar-refractivity contribution is 0.667. The standard InChI is InChI=1S/C15H13NO/c1-2-13(16)12-8-5-7-11-10-6-3-4-9-14(10)17-15(11)12/h2-9H,16H2,1H3/b13-2-. The Hall–Kier alpha value is -2.22. The lowest BCUT2D eigenvalue weighted by Crippen LogP contribution is -1.95. The van der Waals surface area contributed by atoms with E-state index in [0.29, 0.717) is 0 Å². The molecule has 0 spiro atoms. The first-order valence-corrected chi connectivity index (χ1v) is 5.63. The fourth-order valence-corrected chi connectivity index (χ4v) is 2.13. The molecule has 17 heavy (non-hydrogen) atoms. The zero-order valence-corrected chi connectivity index (χ0v) is 9.60. The van der Waals surface area contributed by atoms with Gasteiger partial charge in [-0.15, -0.1) is 0 Å². The molecule has 2 heteroatoms. The Morgan fingerprint density at radius 2 is 1.82 bits per heavy atom. The van der Waals surface area contributed by atoms with Crippen molar-refractivity contribution in [1.29, 1.82) is 0 Å². The first-order chi connectivity index (χ1) is 8.31. The number of fused-ring (bicyclic) bond motifs is 3. The summed E-state index contributed by atoms with van der Waals surface area (Å²) < 4.78 is 5.89. The minimum Gasteiger partial charge on any atom is -0.455 e. The van der Waals surface area contributed by atoms with Gasteiger partial charge in [0.25, 0.3) is 0 Å². The predicted octanol–water partition coefficient (Wildman–Crippen LogP) is 3.91. The molecule has 0 radical (unpaired) electrons. The maximum Gasteiger partial charge on any atom is 0.144 e. The predicted molar refractivity (Wildman–Crippen MR) is 71.6 cm³/mol. The largest absolute Gasteiger partial charge is 0.455 e. The molecule has 2 N–H and O–H groups in total. The minimum absolute atomic E-state index is 0.745. The normalized spacial score (nSPS) is 12.4. The second kappa shape index (κ2) is 3.67. The van der Waals surface area contributed by atoms with E-state index in [4.69, 9.17) is 10.2 Å². The zero-order valence-electron chi connectivity index (χ0n) is 9.60. The second-order valence-electron chi connectivity index (χ2n) is 4.02. The molecule has 2 aromatic carbocycles. The van der Waals surface area contributed by atoms with Crippen LogP contribution in [0.2, 0.25) is 0 Å². The topological polar surface area (TPSA) is 39.2 Å². The Labute approximate surface area is 99.3 Å². The summed E-state index contributed by atoms with van der Waals surface area (Å²) in [6.07, 6.45) is 1.89. The number of furan rings is 1. The molecule has 0 aliphatic rings. The van der Waals surface area contributed by atoms with E-state index in [9.17, 15) is 0 Å². The molecule has 3 rings (SSSR count). The van der Waals surface area contributed by atoms with E-state index in [0.717, 1.165) is 33.2 Å². The summed E-state index contributed by atoms with van der Waals surface area (Å²) >= 11 is 0. The van der Waals surface area contributed by atoms with Crippen molar-refractivity contribution in [1.82, 2.24) is 0 Å². The van der Waals surface area contributed by atoms with Crippen LogP contribution in [0.5, 0.6) is 0 Å². The molecule has 0 aliphatic carbocycles. The van der Waals surface area contributed by atoms with Crippen LogP contribution in [-0.4, -0.2) is 0 Å². The van der Waals surface area contributed by atoms with E-state index in [2.05, 4.69) is 12.1 Å². The molecule has 0 fully saturated rings. The second-order valence-corrected chi connectivity index (χ2v) is 4.02. The van der Waals surface area contributed by atoms with Gasteiger partial charge in [0.15, 0.2) is 0 Å². The van der Waals surface area contributed by atoms with Crippen LogP contribution in [0.25, 0.3) is 27.6 Å². The van der Waals surface area contributed by atoms with Crippen molar-refractivity contribution < 1.29 is 4.42 Å². The molecule has 0 bridgehead atoms. The van der Waals surface area contributed by atoms with Gasteiger partial charge in [-0.3, -0.25) is 0 Å². The van der Waals surface area contributed by atoms with Gasteiger partial charge in [0.05, 0.1) is 0 Å². The lowest BCUT2D eigenvalue weighted by Gasteiger charge is -2.00. The van der Waals surface area contributed by atoms with Crippen molar-refractivity contribution in [2.75, 3.05) is 0 Å². The molecule has 1 heterocycles. The molecular weight excluding hydrogens is 210 g/mol. The van der Waals surface area contributed by atoms with Crippen molar-refractivity contribution in [3.63, 3.8) is 0 Å². The fraction of sp³-hybridized carbons (Fsp3) is 0.0667. The molecule has 0 unspecified atom stereocenters. The van der Waals surface area contributed by atoms with Crippen LogP contribution < -0.4 is 5.73 Å². The molecule has 0 atom stereocenters. The van der Waals surface area contributed by atoms with E-state index in [-0.39, 0.29) is 0 Å². The van der Waals surface area contributed by atoms with Gasteiger partial charge >= 0.3 is 0 Å². The molecule has 0 saturated heterocycles. The third-order valence-electron chi connectivity index (χ3n) is 3.03. The molecular formula is C15H13NO. The summed E-state index contributed by atoms with van der Waals surface area (Å²) in [5, 5.41) is 2.25. The molecule has 0 aliphatic heterocycles. The molecule has 1 aromatic heterocycles. The molecule has 3 aromatic rings. The van der Waals surface area contributed by atoms with Crippen LogP contribution in [0.4, 0.5) is 0 Å². The van der Waals surface area contributed by atoms with Crippen LogP contribution in [0, 0.1) is 0 Å².